The Morgan fingerprint density at radius 1 is 1.02 bits per heavy atom. The number of nitrogens with zero attached hydrogens (tertiary/aromatic N) is 3. The van der Waals surface area contributed by atoms with Gasteiger partial charge in [-0.25, -0.2) is 4.39 Å². The van der Waals surface area contributed by atoms with Crippen LogP contribution < -0.4 is 5.32 Å². The van der Waals surface area contributed by atoms with E-state index < -0.39 is 36.1 Å². The molecular formula is C35H29FN4O5. The summed E-state index contributed by atoms with van der Waals surface area (Å²) in [6, 6.07) is 20.9. The van der Waals surface area contributed by atoms with E-state index in [1.807, 2.05) is 55.5 Å². The zero-order valence-corrected chi connectivity index (χ0v) is 24.7. The summed E-state index contributed by atoms with van der Waals surface area (Å²) in [5, 5.41) is 17.4. The van der Waals surface area contributed by atoms with Crippen LogP contribution in [0.4, 0.5) is 4.39 Å². The molecule has 10 heteroatoms. The van der Waals surface area contributed by atoms with Gasteiger partial charge in [-0.1, -0.05) is 36.4 Å². The maximum atomic E-state index is 13.9. The number of benzene rings is 4. The van der Waals surface area contributed by atoms with E-state index in [4.69, 9.17) is 9.47 Å². The van der Waals surface area contributed by atoms with E-state index in [0.29, 0.717) is 23.1 Å². The first-order valence-corrected chi connectivity index (χ1v) is 15.0. The number of likely N-dealkylation sites (N-methyl/N-ethyl adjacent to an activating group) is 1. The van der Waals surface area contributed by atoms with E-state index in [2.05, 4.69) is 14.5 Å². The molecule has 2 aromatic heterocycles. The van der Waals surface area contributed by atoms with Crippen molar-refractivity contribution < 1.29 is 28.6 Å². The average Bonchev–Trinajstić information content (AvgIpc) is 3.65. The molecule has 2 N–H and O–H groups in total. The van der Waals surface area contributed by atoms with Crippen LogP contribution in [-0.2, 0) is 15.2 Å². The van der Waals surface area contributed by atoms with Crippen LogP contribution in [0, 0.1) is 5.82 Å². The van der Waals surface area contributed by atoms with Gasteiger partial charge in [0.2, 0.25) is 0 Å². The Morgan fingerprint density at radius 3 is 2.40 bits per heavy atom. The van der Waals surface area contributed by atoms with Crippen molar-refractivity contribution in [2.45, 2.75) is 43.7 Å². The molecule has 0 unspecified atom stereocenters. The summed E-state index contributed by atoms with van der Waals surface area (Å²) in [4.78, 5) is 29.1. The topological polar surface area (TPSA) is 98.0 Å². The number of methoxy groups -OCH3 is 1. The van der Waals surface area contributed by atoms with Crippen LogP contribution in [0.25, 0.3) is 43.6 Å². The van der Waals surface area contributed by atoms with E-state index in [1.54, 1.807) is 19.1 Å². The Morgan fingerprint density at radius 2 is 1.69 bits per heavy atom. The van der Waals surface area contributed by atoms with Crippen LogP contribution in [-0.4, -0.2) is 57.3 Å². The van der Waals surface area contributed by atoms with E-state index in [0.717, 1.165) is 43.6 Å². The first-order valence-electron chi connectivity index (χ1n) is 15.0. The molecule has 3 aliphatic rings. The van der Waals surface area contributed by atoms with Crippen LogP contribution in [0.1, 0.15) is 52.1 Å². The quantitative estimate of drug-likeness (QED) is 0.277. The number of amides is 2. The molecule has 2 amide bonds. The van der Waals surface area contributed by atoms with Gasteiger partial charge in [-0.2, -0.15) is 0 Å². The summed E-state index contributed by atoms with van der Waals surface area (Å²) < 4.78 is 31.5. The number of hydrogen-bond acceptors (Lipinski definition) is 5. The maximum Gasteiger partial charge on any atom is 0.254 e. The minimum absolute atomic E-state index is 0.259. The lowest BCUT2D eigenvalue weighted by Gasteiger charge is -2.50. The zero-order valence-electron chi connectivity index (χ0n) is 24.7. The summed E-state index contributed by atoms with van der Waals surface area (Å²) >= 11 is 0. The number of carbonyl (C=O) groups excluding carboxylic acids is 2. The standard InChI is InChI=1S/C35H29FN4O5/c1-35-31(44-3)23(38(2)34(43)17-12-14-18(36)15-13-17)16-24(45-35)39-21-10-6-4-8-19(21)25-27-28(33(42)37-32(27)41)26-20-9-5-7-11-22(20)40(35)30(26)29(25)39/h4-15,23-24,31,33,42H,16H2,1-3H3,(H,37,41)/t23-,24-,31-,33+,35+/m1/s1. The molecule has 5 atom stereocenters. The van der Waals surface area contributed by atoms with Crippen molar-refractivity contribution in [1.29, 1.82) is 0 Å². The van der Waals surface area contributed by atoms with Crippen LogP contribution in [0.3, 0.4) is 0 Å². The van der Waals surface area contributed by atoms with Crippen LogP contribution in [0.15, 0.2) is 72.8 Å². The van der Waals surface area contributed by atoms with Gasteiger partial charge < -0.3 is 33.9 Å². The summed E-state index contributed by atoms with van der Waals surface area (Å²) in [5.74, 6) is -0.995. The number of aromatic nitrogens is 2. The summed E-state index contributed by atoms with van der Waals surface area (Å²) in [6.07, 6.45) is -1.97. The molecule has 0 saturated carbocycles. The van der Waals surface area contributed by atoms with Gasteiger partial charge in [-0.15, -0.1) is 0 Å². The van der Waals surface area contributed by atoms with Crippen molar-refractivity contribution in [2.24, 2.45) is 0 Å². The fourth-order valence-corrected chi connectivity index (χ4v) is 8.38. The number of fused-ring (bicyclic) bond motifs is 13. The Hall–Kier alpha value is -4.77. The fraction of sp³-hybridized carbons (Fsp3) is 0.257. The summed E-state index contributed by atoms with van der Waals surface area (Å²) in [6.45, 7) is 1.98. The lowest BCUT2D eigenvalue weighted by molar-refractivity contribution is -0.264. The molecule has 0 aliphatic carbocycles. The monoisotopic (exact) mass is 604 g/mol. The Kier molecular flexibility index (Phi) is 5.27. The van der Waals surface area contributed by atoms with Gasteiger partial charge in [-0.05, 0) is 43.3 Å². The van der Waals surface area contributed by atoms with Gasteiger partial charge in [0.15, 0.2) is 12.0 Å². The van der Waals surface area contributed by atoms with Crippen molar-refractivity contribution in [2.75, 3.05) is 14.2 Å². The molecule has 5 heterocycles. The van der Waals surface area contributed by atoms with Crippen molar-refractivity contribution in [3.8, 4) is 0 Å². The molecule has 6 aromatic rings. The second kappa shape index (κ2) is 8.91. The number of para-hydroxylation sites is 2. The smallest absolute Gasteiger partial charge is 0.254 e. The van der Waals surface area contributed by atoms with Crippen molar-refractivity contribution in [3.05, 3.63) is 95.3 Å². The number of aliphatic hydroxyl groups excluding tert-OH is 1. The molecule has 1 saturated heterocycles. The maximum absolute atomic E-state index is 13.9. The van der Waals surface area contributed by atoms with Crippen molar-refractivity contribution >= 4 is 55.4 Å². The van der Waals surface area contributed by atoms with Crippen LogP contribution in [0.2, 0.25) is 0 Å². The molecule has 45 heavy (non-hydrogen) atoms. The van der Waals surface area contributed by atoms with Crippen molar-refractivity contribution in [3.63, 3.8) is 0 Å². The third-order valence-electron chi connectivity index (χ3n) is 10.2. The van der Waals surface area contributed by atoms with Gasteiger partial charge in [-0.3, -0.25) is 9.59 Å². The van der Waals surface area contributed by atoms with Gasteiger partial charge in [0.25, 0.3) is 11.8 Å². The number of halogens is 1. The van der Waals surface area contributed by atoms with Gasteiger partial charge in [0, 0.05) is 53.3 Å². The molecule has 3 aliphatic heterocycles. The van der Waals surface area contributed by atoms with Gasteiger partial charge in [0.05, 0.1) is 33.7 Å². The highest BCUT2D eigenvalue weighted by atomic mass is 19.1. The normalized spacial score (nSPS) is 25.3. The predicted octanol–water partition coefficient (Wildman–Crippen LogP) is 5.54. The van der Waals surface area contributed by atoms with E-state index in [9.17, 15) is 19.1 Å². The van der Waals surface area contributed by atoms with E-state index in [-0.39, 0.29) is 11.8 Å². The van der Waals surface area contributed by atoms with Crippen LogP contribution in [0.5, 0.6) is 0 Å². The van der Waals surface area contributed by atoms with E-state index >= 15 is 0 Å². The van der Waals surface area contributed by atoms with Crippen molar-refractivity contribution in [1.82, 2.24) is 19.4 Å². The first kappa shape index (κ1) is 26.6. The highest BCUT2D eigenvalue weighted by molar-refractivity contribution is 6.31. The highest BCUT2D eigenvalue weighted by Gasteiger charge is 2.55. The lowest BCUT2D eigenvalue weighted by atomic mass is 9.91. The highest BCUT2D eigenvalue weighted by Crippen LogP contribution is 2.55. The predicted molar refractivity (Wildman–Crippen MR) is 166 cm³/mol. The van der Waals surface area contributed by atoms with Gasteiger partial charge in [0.1, 0.15) is 18.1 Å². The number of rotatable bonds is 3. The number of aliphatic hydroxyl groups is 1. The van der Waals surface area contributed by atoms with Crippen LogP contribution >= 0.6 is 0 Å². The number of carbonyl (C=O) groups is 2. The lowest BCUT2D eigenvalue weighted by Crippen LogP contribution is -2.61. The zero-order chi connectivity index (χ0) is 30.9. The summed E-state index contributed by atoms with van der Waals surface area (Å²) in [5.41, 5.74) is 3.65. The SMILES string of the molecule is CO[C@@H]1[C@H](N(C)C(=O)c2ccc(F)cc2)C[C@H]2O[C@]1(C)n1c3ccccc3c3c4c(c5c6ccccc6n2c5c31)C(=O)N[C@H]4O. The molecule has 226 valence electrons. The van der Waals surface area contributed by atoms with E-state index in [1.165, 1.54) is 24.3 Å². The fourth-order valence-electron chi connectivity index (χ4n) is 8.38. The minimum atomic E-state index is -1.18. The number of ether oxygens (including phenoxy) is 2. The molecule has 0 radical (unpaired) electrons. The molecule has 2 bridgehead atoms. The molecular weight excluding hydrogens is 575 g/mol. The minimum Gasteiger partial charge on any atom is -0.374 e. The molecule has 0 spiro atoms. The van der Waals surface area contributed by atoms with Gasteiger partial charge >= 0.3 is 0 Å². The molecule has 4 aromatic carbocycles. The Balaban J connectivity index is 1.41. The third-order valence-corrected chi connectivity index (χ3v) is 10.2. The first-order chi connectivity index (χ1) is 21.7. The second-order valence-corrected chi connectivity index (χ2v) is 12.4. The Bertz CT molecular complexity index is 2270. The second-order valence-electron chi connectivity index (χ2n) is 12.4. The number of hydrogen-bond donors (Lipinski definition) is 2. The molecule has 9 nitrogen and oxygen atoms in total. The average molecular weight is 605 g/mol. The summed E-state index contributed by atoms with van der Waals surface area (Å²) in [7, 11) is 3.37. The molecule has 1 fully saturated rings. The third kappa shape index (κ3) is 3.21. The molecule has 9 rings (SSSR count). The largest absolute Gasteiger partial charge is 0.374 e. The Labute approximate surface area is 256 Å². The number of nitrogens with one attached hydrogen (secondary N) is 1.